The summed E-state index contributed by atoms with van der Waals surface area (Å²) >= 11 is 0. The van der Waals surface area contributed by atoms with Crippen molar-refractivity contribution in [2.45, 2.75) is 18.2 Å². The van der Waals surface area contributed by atoms with Gasteiger partial charge < -0.3 is 10.1 Å². The first-order valence-electron chi connectivity index (χ1n) is 4.25. The van der Waals surface area contributed by atoms with E-state index in [1.807, 2.05) is 24.4 Å². The molecule has 3 atom stereocenters. The molecular formula is C9H10N2O. The van der Waals surface area contributed by atoms with Crippen molar-refractivity contribution < 1.29 is 4.74 Å². The second kappa shape index (κ2) is 2.28. The van der Waals surface area contributed by atoms with Gasteiger partial charge in [-0.05, 0) is 12.1 Å². The second-order valence-electron chi connectivity index (χ2n) is 3.28. The van der Waals surface area contributed by atoms with Crippen molar-refractivity contribution in [3.8, 4) is 0 Å². The lowest BCUT2D eigenvalue weighted by Crippen LogP contribution is -2.69. The van der Waals surface area contributed by atoms with Gasteiger partial charge in [-0.25, -0.2) is 0 Å². The number of hydrogen-bond donors (Lipinski definition) is 1. The molecule has 0 amide bonds. The molecule has 3 rings (SSSR count). The first-order chi connectivity index (χ1) is 5.95. The number of nitrogens with one attached hydrogen (secondary N) is 1. The predicted octanol–water partition coefficient (Wildman–Crippen LogP) is 0.493. The Morgan fingerprint density at radius 3 is 3.00 bits per heavy atom. The normalized spacial score (nSPS) is 37.8. The number of aromatic nitrogens is 1. The topological polar surface area (TPSA) is 34.1 Å². The van der Waals surface area contributed by atoms with Gasteiger partial charge >= 0.3 is 0 Å². The van der Waals surface area contributed by atoms with Gasteiger partial charge in [0, 0.05) is 12.7 Å². The SMILES string of the molecule is c1ccc([C@@H]2OC3CN[C@H]32)nc1. The fourth-order valence-corrected chi connectivity index (χ4v) is 1.77. The van der Waals surface area contributed by atoms with Crippen molar-refractivity contribution in [3.05, 3.63) is 30.1 Å². The summed E-state index contributed by atoms with van der Waals surface area (Å²) in [6.45, 7) is 1.01. The highest BCUT2D eigenvalue weighted by Gasteiger charge is 2.49. The van der Waals surface area contributed by atoms with Gasteiger partial charge in [0.05, 0.1) is 17.8 Å². The standard InChI is InChI=1S/C9H10N2O/c1-2-4-10-6(3-1)9-8-7(12-9)5-11-8/h1-4,7-9,11H,5H2/t7?,8-,9+/m1/s1. The molecule has 1 aromatic rings. The van der Waals surface area contributed by atoms with Crippen LogP contribution in [-0.2, 0) is 4.74 Å². The molecule has 2 aliphatic heterocycles. The minimum Gasteiger partial charge on any atom is -0.364 e. The van der Waals surface area contributed by atoms with E-state index >= 15 is 0 Å². The van der Waals surface area contributed by atoms with Crippen molar-refractivity contribution in [3.63, 3.8) is 0 Å². The fraction of sp³-hybridized carbons (Fsp3) is 0.444. The van der Waals surface area contributed by atoms with Crippen molar-refractivity contribution in [1.29, 1.82) is 0 Å². The third-order valence-corrected chi connectivity index (χ3v) is 2.58. The van der Waals surface area contributed by atoms with Crippen LogP contribution in [0, 0.1) is 0 Å². The minimum absolute atomic E-state index is 0.199. The molecule has 0 bridgehead atoms. The number of morpholine rings is 1. The average molecular weight is 162 g/mol. The molecule has 0 aliphatic carbocycles. The Balaban J connectivity index is 1.82. The van der Waals surface area contributed by atoms with Crippen LogP contribution in [0.5, 0.6) is 0 Å². The predicted molar refractivity (Wildman–Crippen MR) is 43.6 cm³/mol. The molecule has 2 fully saturated rings. The molecule has 3 heteroatoms. The summed E-state index contributed by atoms with van der Waals surface area (Å²) in [5.74, 6) is 0. The second-order valence-corrected chi connectivity index (χ2v) is 3.28. The van der Waals surface area contributed by atoms with Gasteiger partial charge in [0.1, 0.15) is 6.10 Å². The van der Waals surface area contributed by atoms with Crippen LogP contribution in [0.2, 0.25) is 0 Å². The van der Waals surface area contributed by atoms with E-state index in [1.165, 1.54) is 0 Å². The highest BCUT2D eigenvalue weighted by molar-refractivity contribution is 5.17. The number of ether oxygens (including phenoxy) is 1. The van der Waals surface area contributed by atoms with Crippen LogP contribution in [0.4, 0.5) is 0 Å². The van der Waals surface area contributed by atoms with E-state index in [0.717, 1.165) is 12.2 Å². The van der Waals surface area contributed by atoms with Crippen LogP contribution in [0.3, 0.4) is 0 Å². The van der Waals surface area contributed by atoms with Gasteiger partial charge in [-0.3, -0.25) is 4.98 Å². The number of rotatable bonds is 1. The molecule has 2 saturated heterocycles. The summed E-state index contributed by atoms with van der Waals surface area (Å²) in [4.78, 5) is 4.25. The largest absolute Gasteiger partial charge is 0.364 e. The van der Waals surface area contributed by atoms with Crippen LogP contribution >= 0.6 is 0 Å². The van der Waals surface area contributed by atoms with Gasteiger partial charge in [-0.15, -0.1) is 0 Å². The lowest BCUT2D eigenvalue weighted by molar-refractivity contribution is -0.204. The molecular weight excluding hydrogens is 152 g/mol. The summed E-state index contributed by atoms with van der Waals surface area (Å²) in [6, 6.07) is 6.46. The molecule has 12 heavy (non-hydrogen) atoms. The smallest absolute Gasteiger partial charge is 0.118 e. The first-order valence-corrected chi connectivity index (χ1v) is 4.25. The van der Waals surface area contributed by atoms with Gasteiger partial charge in [0.25, 0.3) is 0 Å². The summed E-state index contributed by atoms with van der Waals surface area (Å²) in [5.41, 5.74) is 1.05. The molecule has 3 nitrogen and oxygen atoms in total. The van der Waals surface area contributed by atoms with Crippen molar-refractivity contribution in [2.24, 2.45) is 0 Å². The summed E-state index contributed by atoms with van der Waals surface area (Å²) in [5, 5.41) is 3.33. The van der Waals surface area contributed by atoms with Gasteiger partial charge in [0.2, 0.25) is 0 Å². The Labute approximate surface area is 70.8 Å². The minimum atomic E-state index is 0.199. The van der Waals surface area contributed by atoms with Crippen LogP contribution in [0.25, 0.3) is 0 Å². The van der Waals surface area contributed by atoms with E-state index in [-0.39, 0.29) is 6.10 Å². The third kappa shape index (κ3) is 0.750. The van der Waals surface area contributed by atoms with E-state index in [4.69, 9.17) is 4.74 Å². The summed E-state index contributed by atoms with van der Waals surface area (Å²) < 4.78 is 5.60. The van der Waals surface area contributed by atoms with E-state index < -0.39 is 0 Å². The number of nitrogens with zero attached hydrogens (tertiary/aromatic N) is 1. The van der Waals surface area contributed by atoms with Gasteiger partial charge in [-0.2, -0.15) is 0 Å². The summed E-state index contributed by atoms with van der Waals surface area (Å²) in [7, 11) is 0. The molecule has 1 aromatic heterocycles. The zero-order valence-corrected chi connectivity index (χ0v) is 6.60. The average Bonchev–Trinajstić information content (AvgIpc) is 2.11. The summed E-state index contributed by atoms with van der Waals surface area (Å²) in [6.07, 6.45) is 2.46. The maximum atomic E-state index is 5.60. The number of pyridine rings is 1. The molecule has 0 radical (unpaired) electrons. The van der Waals surface area contributed by atoms with Crippen LogP contribution < -0.4 is 5.32 Å². The molecule has 0 aromatic carbocycles. The zero-order chi connectivity index (χ0) is 7.97. The van der Waals surface area contributed by atoms with Crippen molar-refractivity contribution >= 4 is 0 Å². The highest BCUT2D eigenvalue weighted by atomic mass is 16.5. The lowest BCUT2D eigenvalue weighted by Gasteiger charge is -2.52. The monoisotopic (exact) mass is 162 g/mol. The number of hydrogen-bond acceptors (Lipinski definition) is 3. The van der Waals surface area contributed by atoms with Gasteiger partial charge in [0.15, 0.2) is 0 Å². The number of fused-ring (bicyclic) bond motifs is 1. The first kappa shape index (κ1) is 6.57. The zero-order valence-electron chi connectivity index (χ0n) is 6.60. The van der Waals surface area contributed by atoms with Crippen LogP contribution in [-0.4, -0.2) is 23.7 Å². The molecule has 1 N–H and O–H groups in total. The van der Waals surface area contributed by atoms with E-state index in [0.29, 0.717) is 12.1 Å². The van der Waals surface area contributed by atoms with Crippen LogP contribution in [0.1, 0.15) is 11.8 Å². The Bertz CT molecular complexity index is 288. The Morgan fingerprint density at radius 2 is 2.50 bits per heavy atom. The molecule has 3 heterocycles. The third-order valence-electron chi connectivity index (χ3n) is 2.58. The fourth-order valence-electron chi connectivity index (χ4n) is 1.77. The maximum Gasteiger partial charge on any atom is 0.118 e. The Kier molecular flexibility index (Phi) is 1.25. The van der Waals surface area contributed by atoms with E-state index in [1.54, 1.807) is 0 Å². The molecule has 1 unspecified atom stereocenters. The lowest BCUT2D eigenvalue weighted by atomic mass is 9.88. The molecule has 0 spiro atoms. The Hall–Kier alpha value is -0.930. The van der Waals surface area contributed by atoms with E-state index in [9.17, 15) is 0 Å². The maximum absolute atomic E-state index is 5.60. The molecule has 2 aliphatic rings. The quantitative estimate of drug-likeness (QED) is 0.652. The highest BCUT2D eigenvalue weighted by Crippen LogP contribution is 2.38. The molecule has 62 valence electrons. The van der Waals surface area contributed by atoms with Crippen molar-refractivity contribution in [2.75, 3.05) is 6.54 Å². The van der Waals surface area contributed by atoms with Crippen LogP contribution in [0.15, 0.2) is 24.4 Å². The molecule has 0 saturated carbocycles. The van der Waals surface area contributed by atoms with Crippen molar-refractivity contribution in [1.82, 2.24) is 10.3 Å². The van der Waals surface area contributed by atoms with E-state index in [2.05, 4.69) is 10.3 Å². The Morgan fingerprint density at radius 1 is 1.50 bits per heavy atom. The van der Waals surface area contributed by atoms with Gasteiger partial charge in [-0.1, -0.05) is 6.07 Å².